The van der Waals surface area contributed by atoms with Gasteiger partial charge < -0.3 is 15.4 Å². The molecule has 0 radical (unpaired) electrons. The third kappa shape index (κ3) is 3.23. The SMILES string of the molecule is Cc1c(-c2ccc(CCC(=O)O)c3c2C[C@@H](N)C3)c(=O)n(C)c2ccc(F)cc12. The number of aliphatic carboxylic acids is 1. The van der Waals surface area contributed by atoms with Crippen LogP contribution in [-0.4, -0.2) is 21.7 Å². The van der Waals surface area contributed by atoms with Crippen LogP contribution in [0.4, 0.5) is 4.39 Å². The first kappa shape index (κ1) is 19.3. The highest BCUT2D eigenvalue weighted by Crippen LogP contribution is 2.36. The number of halogens is 1. The summed E-state index contributed by atoms with van der Waals surface area (Å²) < 4.78 is 15.5. The summed E-state index contributed by atoms with van der Waals surface area (Å²) in [6.07, 6.45) is 1.79. The minimum atomic E-state index is -0.841. The summed E-state index contributed by atoms with van der Waals surface area (Å²) in [5, 5.41) is 9.74. The van der Waals surface area contributed by atoms with E-state index >= 15 is 0 Å². The largest absolute Gasteiger partial charge is 0.481 e. The Morgan fingerprint density at radius 2 is 1.97 bits per heavy atom. The molecule has 0 spiro atoms. The van der Waals surface area contributed by atoms with Gasteiger partial charge in [-0.25, -0.2) is 4.39 Å². The molecule has 150 valence electrons. The standard InChI is InChI=1S/C23H23FN2O3/c1-12-17-9-14(24)5-7-20(17)26(2)23(29)22(12)16-6-3-13(4-8-21(27)28)18-10-15(25)11-19(16)18/h3,5-7,9,15H,4,8,10-11,25H2,1-2H3,(H,27,28)/t15-/m0/s1. The molecule has 1 heterocycles. The summed E-state index contributed by atoms with van der Waals surface area (Å²) in [6.45, 7) is 1.85. The van der Waals surface area contributed by atoms with Gasteiger partial charge in [-0.3, -0.25) is 9.59 Å². The van der Waals surface area contributed by atoms with E-state index < -0.39 is 5.97 Å². The van der Waals surface area contributed by atoms with Gasteiger partial charge in [0.2, 0.25) is 0 Å². The van der Waals surface area contributed by atoms with Crippen molar-refractivity contribution in [2.45, 2.75) is 38.6 Å². The number of hydrogen-bond donors (Lipinski definition) is 2. The molecule has 1 aromatic heterocycles. The molecule has 0 unspecified atom stereocenters. The van der Waals surface area contributed by atoms with Crippen molar-refractivity contribution in [1.29, 1.82) is 0 Å². The number of benzene rings is 2. The van der Waals surface area contributed by atoms with E-state index in [1.165, 1.54) is 12.1 Å². The van der Waals surface area contributed by atoms with E-state index in [2.05, 4.69) is 0 Å². The highest BCUT2D eigenvalue weighted by Gasteiger charge is 2.27. The maximum atomic E-state index is 13.9. The van der Waals surface area contributed by atoms with Crippen LogP contribution in [-0.2, 0) is 31.1 Å². The molecule has 4 rings (SSSR count). The Bertz CT molecular complexity index is 1210. The van der Waals surface area contributed by atoms with Gasteiger partial charge in [-0.05, 0) is 72.2 Å². The van der Waals surface area contributed by atoms with Crippen molar-refractivity contribution < 1.29 is 14.3 Å². The lowest BCUT2D eigenvalue weighted by Gasteiger charge is -2.17. The highest BCUT2D eigenvalue weighted by molar-refractivity contribution is 5.89. The Balaban J connectivity index is 1.97. The monoisotopic (exact) mass is 394 g/mol. The molecule has 1 aliphatic carbocycles. The predicted molar refractivity (Wildman–Crippen MR) is 111 cm³/mol. The molecule has 3 aromatic rings. The molecule has 0 bridgehead atoms. The van der Waals surface area contributed by atoms with Crippen LogP contribution in [0.5, 0.6) is 0 Å². The van der Waals surface area contributed by atoms with Crippen LogP contribution in [0.1, 0.15) is 28.7 Å². The third-order valence-corrected chi connectivity index (χ3v) is 5.96. The Labute approximate surface area is 167 Å². The van der Waals surface area contributed by atoms with E-state index in [0.717, 1.165) is 27.8 Å². The zero-order valence-electron chi connectivity index (χ0n) is 16.5. The average Bonchev–Trinajstić information content (AvgIpc) is 3.07. The molecule has 1 aliphatic rings. The third-order valence-electron chi connectivity index (χ3n) is 5.96. The van der Waals surface area contributed by atoms with Crippen molar-refractivity contribution in [3.63, 3.8) is 0 Å². The Hall–Kier alpha value is -2.99. The lowest BCUT2D eigenvalue weighted by atomic mass is 9.89. The van der Waals surface area contributed by atoms with Crippen molar-refractivity contribution in [2.75, 3.05) is 0 Å². The minimum Gasteiger partial charge on any atom is -0.481 e. The van der Waals surface area contributed by atoms with Gasteiger partial charge in [-0.15, -0.1) is 0 Å². The first-order valence-corrected chi connectivity index (χ1v) is 9.68. The van der Waals surface area contributed by atoms with Crippen LogP contribution in [0.3, 0.4) is 0 Å². The van der Waals surface area contributed by atoms with Gasteiger partial charge in [-0.2, -0.15) is 0 Å². The van der Waals surface area contributed by atoms with Gasteiger partial charge in [0.15, 0.2) is 0 Å². The van der Waals surface area contributed by atoms with E-state index in [9.17, 15) is 14.0 Å². The summed E-state index contributed by atoms with van der Waals surface area (Å²) >= 11 is 0. The normalized spacial score (nSPS) is 15.7. The number of nitrogens with zero attached hydrogens (tertiary/aromatic N) is 1. The van der Waals surface area contributed by atoms with Crippen molar-refractivity contribution >= 4 is 16.9 Å². The number of carbonyl (C=O) groups is 1. The van der Waals surface area contributed by atoms with Crippen LogP contribution in [0.2, 0.25) is 0 Å². The molecule has 6 heteroatoms. The van der Waals surface area contributed by atoms with E-state index in [-0.39, 0.29) is 23.8 Å². The molecule has 0 amide bonds. The molecule has 0 aliphatic heterocycles. The van der Waals surface area contributed by atoms with Crippen molar-refractivity contribution in [2.24, 2.45) is 12.8 Å². The van der Waals surface area contributed by atoms with Gasteiger partial charge in [-0.1, -0.05) is 12.1 Å². The van der Waals surface area contributed by atoms with Crippen molar-refractivity contribution in [3.8, 4) is 11.1 Å². The van der Waals surface area contributed by atoms with E-state index in [1.807, 2.05) is 19.1 Å². The summed E-state index contributed by atoms with van der Waals surface area (Å²) in [5.41, 5.74) is 11.9. The average molecular weight is 394 g/mol. The van der Waals surface area contributed by atoms with Gasteiger partial charge in [0.05, 0.1) is 11.1 Å². The van der Waals surface area contributed by atoms with Gasteiger partial charge >= 0.3 is 5.97 Å². The quantitative estimate of drug-likeness (QED) is 0.712. The van der Waals surface area contributed by atoms with Crippen LogP contribution >= 0.6 is 0 Å². The first-order valence-electron chi connectivity index (χ1n) is 9.68. The topological polar surface area (TPSA) is 85.3 Å². The second kappa shape index (κ2) is 7.12. The second-order valence-electron chi connectivity index (χ2n) is 7.82. The predicted octanol–water partition coefficient (Wildman–Crippen LogP) is 3.10. The van der Waals surface area contributed by atoms with E-state index in [4.69, 9.17) is 10.8 Å². The fraction of sp³-hybridized carbons (Fsp3) is 0.304. The molecule has 0 fully saturated rings. The highest BCUT2D eigenvalue weighted by atomic mass is 19.1. The first-order chi connectivity index (χ1) is 13.8. The Morgan fingerprint density at radius 1 is 1.24 bits per heavy atom. The van der Waals surface area contributed by atoms with Crippen molar-refractivity contribution in [1.82, 2.24) is 4.57 Å². The number of nitrogens with two attached hydrogens (primary N) is 1. The minimum absolute atomic E-state index is 0.0526. The molecule has 3 N–H and O–H groups in total. The second-order valence-corrected chi connectivity index (χ2v) is 7.82. The smallest absolute Gasteiger partial charge is 0.303 e. The van der Waals surface area contributed by atoms with E-state index in [1.54, 1.807) is 17.7 Å². The Morgan fingerprint density at radius 3 is 2.69 bits per heavy atom. The number of aromatic nitrogens is 1. The van der Waals surface area contributed by atoms with Crippen LogP contribution in [0, 0.1) is 12.7 Å². The van der Waals surface area contributed by atoms with E-state index in [0.29, 0.717) is 35.7 Å². The molecular formula is C23H23FN2O3. The summed E-state index contributed by atoms with van der Waals surface area (Å²) in [7, 11) is 1.69. The molecule has 0 saturated heterocycles. The number of carboxylic acids is 1. The van der Waals surface area contributed by atoms with Gasteiger partial charge in [0.1, 0.15) is 5.82 Å². The van der Waals surface area contributed by atoms with Crippen molar-refractivity contribution in [3.05, 3.63) is 68.8 Å². The van der Waals surface area contributed by atoms with Crippen LogP contribution < -0.4 is 11.3 Å². The lowest BCUT2D eigenvalue weighted by molar-refractivity contribution is -0.136. The number of carboxylic acid groups (broad SMARTS) is 1. The maximum Gasteiger partial charge on any atom is 0.303 e. The number of fused-ring (bicyclic) bond motifs is 2. The molecule has 1 atom stereocenters. The number of pyridine rings is 1. The zero-order valence-corrected chi connectivity index (χ0v) is 16.5. The van der Waals surface area contributed by atoms with Crippen LogP contribution in [0.15, 0.2) is 35.1 Å². The van der Waals surface area contributed by atoms with Crippen LogP contribution in [0.25, 0.3) is 22.0 Å². The number of aryl methyl sites for hydroxylation is 3. The number of rotatable bonds is 4. The lowest BCUT2D eigenvalue weighted by Crippen LogP contribution is -2.22. The van der Waals surface area contributed by atoms with Gasteiger partial charge in [0.25, 0.3) is 5.56 Å². The zero-order chi connectivity index (χ0) is 20.9. The summed E-state index contributed by atoms with van der Waals surface area (Å²) in [6, 6.07) is 8.18. The fourth-order valence-electron chi connectivity index (χ4n) is 4.53. The fourth-order valence-corrected chi connectivity index (χ4v) is 4.53. The Kier molecular flexibility index (Phi) is 4.74. The van der Waals surface area contributed by atoms with Gasteiger partial charge in [0, 0.05) is 24.9 Å². The summed E-state index contributed by atoms with van der Waals surface area (Å²) in [5.74, 6) is -1.19. The molecular weight excluding hydrogens is 371 g/mol. The molecule has 2 aromatic carbocycles. The molecule has 0 saturated carbocycles. The number of hydrogen-bond acceptors (Lipinski definition) is 3. The molecule has 29 heavy (non-hydrogen) atoms. The molecule has 5 nitrogen and oxygen atoms in total. The maximum absolute atomic E-state index is 13.9. The summed E-state index contributed by atoms with van der Waals surface area (Å²) in [4.78, 5) is 24.2.